The van der Waals surface area contributed by atoms with E-state index in [4.69, 9.17) is 9.15 Å². The number of fused-ring (bicyclic) bond motifs is 1. The van der Waals surface area contributed by atoms with Gasteiger partial charge >= 0.3 is 11.6 Å². The molecule has 0 aliphatic heterocycles. The minimum atomic E-state index is -0.368. The molecule has 0 aliphatic rings. The van der Waals surface area contributed by atoms with Gasteiger partial charge in [-0.2, -0.15) is 0 Å². The number of esters is 1. The van der Waals surface area contributed by atoms with E-state index in [-0.39, 0.29) is 11.6 Å². The van der Waals surface area contributed by atoms with Gasteiger partial charge in [0.05, 0.1) is 4.47 Å². The normalized spacial score (nSPS) is 10.6. The first-order valence-electron chi connectivity index (χ1n) is 5.46. The van der Waals surface area contributed by atoms with Crippen LogP contribution in [0, 0.1) is 6.92 Å². The fraction of sp³-hybridized carbons (Fsp3) is 0.231. The van der Waals surface area contributed by atoms with Crippen molar-refractivity contribution in [2.24, 2.45) is 0 Å². The van der Waals surface area contributed by atoms with Crippen LogP contribution in [0.1, 0.15) is 18.9 Å². The van der Waals surface area contributed by atoms with Gasteiger partial charge in [0, 0.05) is 17.4 Å². The zero-order chi connectivity index (χ0) is 13.3. The van der Waals surface area contributed by atoms with Crippen molar-refractivity contribution in [3.05, 3.63) is 38.7 Å². The number of hydrogen-bond donors (Lipinski definition) is 0. The number of halogens is 1. The monoisotopic (exact) mass is 310 g/mol. The molecule has 2 rings (SSSR count). The minimum Gasteiger partial charge on any atom is -0.425 e. The van der Waals surface area contributed by atoms with Crippen molar-refractivity contribution < 1.29 is 13.9 Å². The zero-order valence-corrected chi connectivity index (χ0v) is 11.5. The molecule has 0 bridgehead atoms. The van der Waals surface area contributed by atoms with E-state index in [1.54, 1.807) is 32.0 Å². The van der Waals surface area contributed by atoms with Crippen molar-refractivity contribution in [1.82, 2.24) is 0 Å². The molecule has 2 aromatic rings. The predicted molar refractivity (Wildman–Crippen MR) is 70.8 cm³/mol. The molecule has 1 heterocycles. The van der Waals surface area contributed by atoms with E-state index in [1.807, 2.05) is 0 Å². The third-order valence-corrected chi connectivity index (χ3v) is 3.09. The van der Waals surface area contributed by atoms with E-state index in [2.05, 4.69) is 15.9 Å². The third-order valence-electron chi connectivity index (χ3n) is 2.47. The molecule has 0 amide bonds. The molecular formula is C13H11BrO4. The van der Waals surface area contributed by atoms with E-state index < -0.39 is 0 Å². The molecule has 4 nitrogen and oxygen atoms in total. The maximum absolute atomic E-state index is 11.4. The van der Waals surface area contributed by atoms with Gasteiger partial charge in [0.2, 0.25) is 0 Å². The lowest BCUT2D eigenvalue weighted by molar-refractivity contribution is -0.134. The second-order valence-electron chi connectivity index (χ2n) is 3.86. The summed E-state index contributed by atoms with van der Waals surface area (Å²) in [6.45, 7) is 3.39. The molecule has 1 aromatic carbocycles. The number of hydrogen-bond acceptors (Lipinski definition) is 4. The molecule has 0 radical (unpaired) electrons. The van der Waals surface area contributed by atoms with Gasteiger partial charge < -0.3 is 9.15 Å². The Kier molecular flexibility index (Phi) is 3.52. The number of aryl methyl sites for hydroxylation is 1. The highest BCUT2D eigenvalue weighted by molar-refractivity contribution is 9.10. The summed E-state index contributed by atoms with van der Waals surface area (Å²) in [4.78, 5) is 22.7. The molecule has 94 valence electrons. The maximum atomic E-state index is 11.4. The van der Waals surface area contributed by atoms with Crippen LogP contribution in [0.15, 0.2) is 31.9 Å². The van der Waals surface area contributed by atoms with E-state index >= 15 is 0 Å². The Balaban J connectivity index is 2.57. The summed E-state index contributed by atoms with van der Waals surface area (Å²) in [5.41, 5.74) is 0.596. The third kappa shape index (κ3) is 2.46. The smallest absolute Gasteiger partial charge is 0.339 e. The SMILES string of the molecule is CCC(=O)Oc1cc2cc(C)c(=O)oc2cc1Br. The van der Waals surface area contributed by atoms with Crippen LogP contribution in [0.2, 0.25) is 0 Å². The van der Waals surface area contributed by atoms with Crippen molar-refractivity contribution in [1.29, 1.82) is 0 Å². The number of benzene rings is 1. The second-order valence-corrected chi connectivity index (χ2v) is 4.72. The second kappa shape index (κ2) is 4.94. The van der Waals surface area contributed by atoms with Crippen LogP contribution in [-0.2, 0) is 4.79 Å². The highest BCUT2D eigenvalue weighted by Gasteiger charge is 2.10. The molecule has 0 saturated carbocycles. The first-order valence-corrected chi connectivity index (χ1v) is 6.25. The van der Waals surface area contributed by atoms with E-state index in [0.29, 0.717) is 33.2 Å². The fourth-order valence-corrected chi connectivity index (χ4v) is 1.90. The van der Waals surface area contributed by atoms with Crippen LogP contribution in [-0.4, -0.2) is 5.97 Å². The van der Waals surface area contributed by atoms with Crippen LogP contribution in [0.25, 0.3) is 11.0 Å². The van der Waals surface area contributed by atoms with Crippen LogP contribution < -0.4 is 10.4 Å². The van der Waals surface area contributed by atoms with Gasteiger partial charge in [0.25, 0.3) is 0 Å². The Morgan fingerprint density at radius 2 is 2.11 bits per heavy atom. The molecule has 0 spiro atoms. The van der Waals surface area contributed by atoms with Crippen LogP contribution in [0.5, 0.6) is 5.75 Å². The topological polar surface area (TPSA) is 56.5 Å². The van der Waals surface area contributed by atoms with Gasteiger partial charge in [-0.3, -0.25) is 4.79 Å². The Morgan fingerprint density at radius 1 is 1.39 bits per heavy atom. The Bertz CT molecular complexity index is 672. The zero-order valence-electron chi connectivity index (χ0n) is 9.95. The van der Waals surface area contributed by atoms with E-state index in [1.165, 1.54) is 0 Å². The standard InChI is InChI=1S/C13H11BrO4/c1-3-12(15)17-11-5-8-4-7(2)13(16)18-10(8)6-9(11)14/h4-6H,3H2,1-2H3. The first-order chi connectivity index (χ1) is 8.51. The number of carbonyl (C=O) groups excluding carboxylic acids is 1. The van der Waals surface area contributed by atoms with Crippen molar-refractivity contribution >= 4 is 32.9 Å². The van der Waals surface area contributed by atoms with Crippen LogP contribution in [0.4, 0.5) is 0 Å². The van der Waals surface area contributed by atoms with Gasteiger partial charge in [-0.15, -0.1) is 0 Å². The lowest BCUT2D eigenvalue weighted by Gasteiger charge is -2.07. The summed E-state index contributed by atoms with van der Waals surface area (Å²) in [6.07, 6.45) is 0.299. The van der Waals surface area contributed by atoms with E-state index in [9.17, 15) is 9.59 Å². The molecule has 5 heteroatoms. The van der Waals surface area contributed by atoms with Crippen molar-refractivity contribution in [3.8, 4) is 5.75 Å². The lowest BCUT2D eigenvalue weighted by atomic mass is 10.2. The van der Waals surface area contributed by atoms with Crippen molar-refractivity contribution in [2.45, 2.75) is 20.3 Å². The van der Waals surface area contributed by atoms with Crippen LogP contribution >= 0.6 is 15.9 Å². The van der Waals surface area contributed by atoms with Gasteiger partial charge in [-0.25, -0.2) is 4.79 Å². The molecule has 0 aliphatic carbocycles. The number of ether oxygens (including phenoxy) is 1. The van der Waals surface area contributed by atoms with Crippen LogP contribution in [0.3, 0.4) is 0 Å². The predicted octanol–water partition coefficient (Wildman–Crippen LogP) is 3.18. The summed E-state index contributed by atoms with van der Waals surface area (Å²) in [5.74, 6) is 0.103. The largest absolute Gasteiger partial charge is 0.425 e. The Labute approximate surface area is 112 Å². The number of rotatable bonds is 2. The van der Waals surface area contributed by atoms with Crippen molar-refractivity contribution in [2.75, 3.05) is 0 Å². The number of carbonyl (C=O) groups is 1. The van der Waals surface area contributed by atoms with E-state index in [0.717, 1.165) is 0 Å². The van der Waals surface area contributed by atoms with Crippen molar-refractivity contribution in [3.63, 3.8) is 0 Å². The van der Waals surface area contributed by atoms with Gasteiger partial charge in [0.1, 0.15) is 11.3 Å². The molecule has 0 atom stereocenters. The first kappa shape index (κ1) is 12.8. The Hall–Kier alpha value is -1.62. The van der Waals surface area contributed by atoms with Gasteiger partial charge in [-0.05, 0) is 41.1 Å². The molecule has 18 heavy (non-hydrogen) atoms. The summed E-state index contributed by atoms with van der Waals surface area (Å²) in [7, 11) is 0. The quantitative estimate of drug-likeness (QED) is 0.485. The average Bonchev–Trinajstić information content (AvgIpc) is 2.32. The maximum Gasteiger partial charge on any atom is 0.339 e. The minimum absolute atomic E-state index is 0.299. The lowest BCUT2D eigenvalue weighted by Crippen LogP contribution is -2.06. The summed E-state index contributed by atoms with van der Waals surface area (Å²) in [6, 6.07) is 4.99. The molecule has 0 saturated heterocycles. The molecule has 1 aromatic heterocycles. The highest BCUT2D eigenvalue weighted by atomic mass is 79.9. The summed E-state index contributed by atoms with van der Waals surface area (Å²) < 4.78 is 10.9. The molecule has 0 N–H and O–H groups in total. The van der Waals surface area contributed by atoms with Gasteiger partial charge in [0.15, 0.2) is 0 Å². The highest BCUT2D eigenvalue weighted by Crippen LogP contribution is 2.30. The fourth-order valence-electron chi connectivity index (χ4n) is 1.50. The molecule has 0 unspecified atom stereocenters. The molecular weight excluding hydrogens is 300 g/mol. The Morgan fingerprint density at radius 3 is 2.78 bits per heavy atom. The summed E-state index contributed by atoms with van der Waals surface area (Å²) >= 11 is 3.28. The van der Waals surface area contributed by atoms with Gasteiger partial charge in [-0.1, -0.05) is 6.92 Å². The average molecular weight is 311 g/mol. The molecule has 0 fully saturated rings. The summed E-state index contributed by atoms with van der Waals surface area (Å²) in [5, 5.41) is 0.717.